The number of aromatic amines is 1. The number of hydrogen-bond acceptors (Lipinski definition) is 6. The smallest absolute Gasteiger partial charge is 0.424 e. The number of aromatic nitrogens is 2. The number of H-pyrrole nitrogens is 1. The van der Waals surface area contributed by atoms with Crippen molar-refractivity contribution in [3.8, 4) is 5.75 Å². The average Bonchev–Trinajstić information content (AvgIpc) is 3.25. The zero-order valence-electron chi connectivity index (χ0n) is 19.4. The number of carbonyl (C=O) groups is 3. The summed E-state index contributed by atoms with van der Waals surface area (Å²) < 4.78 is 0. The number of hydrazine groups is 1. The molecular formula is C25H26N6O5. The molecule has 0 spiro atoms. The molecule has 3 N–H and O–H groups in total. The third-order valence-corrected chi connectivity index (χ3v) is 6.62. The fourth-order valence-corrected chi connectivity index (χ4v) is 5.01. The lowest BCUT2D eigenvalue weighted by atomic mass is 9.98. The topological polar surface area (TPSA) is 133 Å². The van der Waals surface area contributed by atoms with E-state index in [1.165, 1.54) is 28.1 Å². The number of carboxylic acid groups (broad SMARTS) is 1. The van der Waals surface area contributed by atoms with Gasteiger partial charge < -0.3 is 20.0 Å². The van der Waals surface area contributed by atoms with E-state index in [1.807, 2.05) is 24.3 Å². The SMILES string of the molecule is C=CCN1CC(=O)N2[C@@H](Cc3ccc(O)cc3)C(=O)N(Cc3[nH]nc4ccccc34)C[C@@H]2N1C(=O)O. The highest BCUT2D eigenvalue weighted by Gasteiger charge is 2.51. The van der Waals surface area contributed by atoms with Crippen LogP contribution in [-0.4, -0.2) is 90.0 Å². The molecule has 36 heavy (non-hydrogen) atoms. The van der Waals surface area contributed by atoms with Gasteiger partial charge in [-0.3, -0.25) is 14.7 Å². The highest BCUT2D eigenvalue weighted by molar-refractivity contribution is 5.91. The number of benzene rings is 2. The van der Waals surface area contributed by atoms with Gasteiger partial charge in [-0.25, -0.2) is 14.8 Å². The Morgan fingerprint density at radius 1 is 1.17 bits per heavy atom. The minimum Gasteiger partial charge on any atom is -0.508 e. The van der Waals surface area contributed by atoms with Crippen molar-refractivity contribution in [2.45, 2.75) is 25.2 Å². The lowest BCUT2D eigenvalue weighted by Crippen LogP contribution is -2.75. The number of rotatable bonds is 6. The van der Waals surface area contributed by atoms with Crippen molar-refractivity contribution < 1.29 is 24.6 Å². The molecule has 1 aromatic heterocycles. The molecule has 0 bridgehead atoms. The van der Waals surface area contributed by atoms with Crippen molar-refractivity contribution in [3.63, 3.8) is 0 Å². The van der Waals surface area contributed by atoms with Crippen molar-refractivity contribution in [1.82, 2.24) is 30.0 Å². The van der Waals surface area contributed by atoms with E-state index in [4.69, 9.17) is 0 Å². The first-order valence-electron chi connectivity index (χ1n) is 11.5. The molecule has 0 aliphatic carbocycles. The summed E-state index contributed by atoms with van der Waals surface area (Å²) in [7, 11) is 0. The first-order valence-corrected chi connectivity index (χ1v) is 11.5. The summed E-state index contributed by atoms with van der Waals surface area (Å²) in [5.41, 5.74) is 2.22. The quantitative estimate of drug-likeness (QED) is 0.449. The minimum absolute atomic E-state index is 0.00391. The van der Waals surface area contributed by atoms with Crippen LogP contribution in [0.25, 0.3) is 10.9 Å². The molecule has 3 aromatic rings. The Hall–Kier alpha value is -4.38. The Bertz CT molecular complexity index is 1320. The van der Waals surface area contributed by atoms with E-state index in [9.17, 15) is 24.6 Å². The Balaban J connectivity index is 1.53. The average molecular weight is 491 g/mol. The maximum atomic E-state index is 13.8. The summed E-state index contributed by atoms with van der Waals surface area (Å²) in [6, 6.07) is 13.0. The predicted molar refractivity (Wildman–Crippen MR) is 129 cm³/mol. The van der Waals surface area contributed by atoms with Gasteiger partial charge in [-0.05, 0) is 23.8 Å². The maximum Gasteiger partial charge on any atom is 0.424 e. The third kappa shape index (κ3) is 4.13. The Kier molecular flexibility index (Phi) is 6.06. The second-order valence-corrected chi connectivity index (χ2v) is 8.87. The van der Waals surface area contributed by atoms with E-state index in [0.717, 1.165) is 27.2 Å². The van der Waals surface area contributed by atoms with Crippen LogP contribution in [0.1, 0.15) is 11.3 Å². The third-order valence-electron chi connectivity index (χ3n) is 6.62. The molecule has 2 aromatic carbocycles. The first-order chi connectivity index (χ1) is 17.4. The van der Waals surface area contributed by atoms with Gasteiger partial charge >= 0.3 is 6.09 Å². The van der Waals surface area contributed by atoms with E-state index in [0.29, 0.717) is 0 Å². The zero-order chi connectivity index (χ0) is 25.4. The number of amides is 3. The van der Waals surface area contributed by atoms with Crippen LogP contribution < -0.4 is 0 Å². The molecule has 11 heteroatoms. The highest BCUT2D eigenvalue weighted by atomic mass is 16.4. The molecule has 186 valence electrons. The minimum atomic E-state index is -1.22. The second kappa shape index (κ2) is 9.34. The van der Waals surface area contributed by atoms with Crippen LogP contribution in [0.3, 0.4) is 0 Å². The Labute approximate surface area is 206 Å². The number of nitrogens with one attached hydrogen (secondary N) is 1. The van der Waals surface area contributed by atoms with Crippen molar-refractivity contribution in [2.75, 3.05) is 19.6 Å². The zero-order valence-corrected chi connectivity index (χ0v) is 19.4. The number of fused-ring (bicyclic) bond motifs is 2. The van der Waals surface area contributed by atoms with Crippen molar-refractivity contribution in [1.29, 1.82) is 0 Å². The standard InChI is InChI=1S/C25H26N6O5/c1-2-11-29-15-23(33)30-21(12-16-7-9-17(32)10-8-16)24(34)28(14-22(30)31(29)25(35)36)13-20-18-5-3-4-6-19(18)26-27-20/h2-10,21-22,32H,1,11-15H2,(H,26,27)(H,35,36)/t21-,22-/m0/s1. The summed E-state index contributed by atoms with van der Waals surface area (Å²) in [4.78, 5) is 42.4. The molecule has 5 rings (SSSR count). The molecule has 3 amide bonds. The fourth-order valence-electron chi connectivity index (χ4n) is 5.01. The van der Waals surface area contributed by atoms with Gasteiger partial charge in [0.15, 0.2) is 0 Å². The van der Waals surface area contributed by atoms with Crippen LogP contribution in [0.5, 0.6) is 5.75 Å². The largest absolute Gasteiger partial charge is 0.508 e. The summed E-state index contributed by atoms with van der Waals surface area (Å²) in [6.45, 7) is 3.85. The molecular weight excluding hydrogens is 464 g/mol. The van der Waals surface area contributed by atoms with Crippen molar-refractivity contribution in [2.24, 2.45) is 0 Å². The monoisotopic (exact) mass is 490 g/mol. The van der Waals surface area contributed by atoms with Gasteiger partial charge in [0, 0.05) is 18.4 Å². The molecule has 2 atom stereocenters. The molecule has 0 radical (unpaired) electrons. The van der Waals surface area contributed by atoms with Crippen LogP contribution in [0.2, 0.25) is 0 Å². The number of phenols is 1. The molecule has 11 nitrogen and oxygen atoms in total. The predicted octanol–water partition coefficient (Wildman–Crippen LogP) is 1.77. The first kappa shape index (κ1) is 23.4. The Morgan fingerprint density at radius 2 is 1.92 bits per heavy atom. The second-order valence-electron chi connectivity index (χ2n) is 8.87. The van der Waals surface area contributed by atoms with Gasteiger partial charge in [0.05, 0.1) is 30.8 Å². The number of hydrogen-bond donors (Lipinski definition) is 3. The number of carbonyl (C=O) groups excluding carboxylic acids is 2. The Morgan fingerprint density at radius 3 is 2.64 bits per heavy atom. The summed E-state index contributed by atoms with van der Waals surface area (Å²) in [6.07, 6.45) is -0.409. The van der Waals surface area contributed by atoms with Gasteiger partial charge in [0.1, 0.15) is 18.0 Å². The molecule has 0 unspecified atom stereocenters. The number of para-hydroxylation sites is 1. The van der Waals surface area contributed by atoms with E-state index in [1.54, 1.807) is 17.0 Å². The van der Waals surface area contributed by atoms with Crippen LogP contribution in [0.4, 0.5) is 4.79 Å². The summed E-state index contributed by atoms with van der Waals surface area (Å²) >= 11 is 0. The van der Waals surface area contributed by atoms with Gasteiger partial charge in [0.25, 0.3) is 0 Å². The van der Waals surface area contributed by atoms with E-state index in [-0.39, 0.29) is 50.2 Å². The summed E-state index contributed by atoms with van der Waals surface area (Å²) in [5.74, 6) is -0.525. The fraction of sp³-hybridized carbons (Fsp3) is 0.280. The van der Waals surface area contributed by atoms with Gasteiger partial charge in [-0.1, -0.05) is 36.4 Å². The summed E-state index contributed by atoms with van der Waals surface area (Å²) in [5, 5.41) is 30.4. The van der Waals surface area contributed by atoms with Gasteiger partial charge in [-0.15, -0.1) is 6.58 Å². The van der Waals surface area contributed by atoms with Gasteiger partial charge in [-0.2, -0.15) is 5.10 Å². The van der Waals surface area contributed by atoms with Crippen molar-refractivity contribution in [3.05, 3.63) is 72.4 Å². The van der Waals surface area contributed by atoms with Crippen LogP contribution >= 0.6 is 0 Å². The lowest BCUT2D eigenvalue weighted by Gasteiger charge is -2.54. The molecule has 0 saturated carbocycles. The molecule has 2 fully saturated rings. The van der Waals surface area contributed by atoms with Crippen LogP contribution in [0, 0.1) is 0 Å². The molecule has 2 aliphatic heterocycles. The van der Waals surface area contributed by atoms with Crippen LogP contribution in [0.15, 0.2) is 61.2 Å². The van der Waals surface area contributed by atoms with Crippen molar-refractivity contribution >= 4 is 28.8 Å². The van der Waals surface area contributed by atoms with Gasteiger partial charge in [0.2, 0.25) is 11.8 Å². The van der Waals surface area contributed by atoms with Crippen LogP contribution in [-0.2, 0) is 22.6 Å². The molecule has 3 heterocycles. The van der Waals surface area contributed by atoms with E-state index in [2.05, 4.69) is 16.8 Å². The maximum absolute atomic E-state index is 13.8. The normalized spacial score (nSPS) is 20.6. The molecule has 2 aliphatic rings. The van der Waals surface area contributed by atoms with E-state index < -0.39 is 18.3 Å². The highest BCUT2D eigenvalue weighted by Crippen LogP contribution is 2.30. The number of piperazine rings is 1. The number of aromatic hydroxyl groups is 1. The molecule has 2 saturated heterocycles. The number of phenolic OH excluding ortho intramolecular Hbond substituents is 1. The van der Waals surface area contributed by atoms with E-state index >= 15 is 0 Å². The number of nitrogens with zero attached hydrogens (tertiary/aromatic N) is 5. The lowest BCUT2D eigenvalue weighted by molar-refractivity contribution is -0.192.